The van der Waals surface area contributed by atoms with Crippen LogP contribution in [0.4, 0.5) is 34.1 Å². The summed E-state index contributed by atoms with van der Waals surface area (Å²) in [5, 5.41) is 2.98. The number of carbonyl (C=O) groups excluding carboxylic acids is 1. The predicted octanol–water partition coefficient (Wildman–Crippen LogP) is 7.60. The van der Waals surface area contributed by atoms with Crippen molar-refractivity contribution in [1.82, 2.24) is 0 Å². The second-order valence-corrected chi connectivity index (χ2v) is 11.6. The van der Waals surface area contributed by atoms with E-state index in [1.807, 2.05) is 6.92 Å². The van der Waals surface area contributed by atoms with Crippen molar-refractivity contribution >= 4 is 48.9 Å². The van der Waals surface area contributed by atoms with Crippen molar-refractivity contribution in [3.8, 4) is 0 Å². The molecule has 1 heterocycles. The zero-order valence-corrected chi connectivity index (χ0v) is 27.4. The Hall–Kier alpha value is -0.588. The second kappa shape index (κ2) is 22.3. The van der Waals surface area contributed by atoms with Crippen LogP contribution in [0.15, 0.2) is 53.4 Å². The zero-order valence-electron chi connectivity index (χ0n) is 20.2. The van der Waals surface area contributed by atoms with Gasteiger partial charge in [0.15, 0.2) is 0 Å². The molecule has 3 N–H and O–H groups in total. The zero-order chi connectivity index (χ0) is 27.6. The van der Waals surface area contributed by atoms with Crippen LogP contribution in [0.2, 0.25) is 0 Å². The summed E-state index contributed by atoms with van der Waals surface area (Å²) in [6.07, 6.45) is 2.44. The van der Waals surface area contributed by atoms with E-state index in [-0.39, 0.29) is 66.8 Å². The van der Waals surface area contributed by atoms with E-state index in [1.165, 1.54) is 12.1 Å². The molecule has 6 nitrogen and oxygen atoms in total. The summed E-state index contributed by atoms with van der Waals surface area (Å²) in [5.41, 5.74) is 9.82. The molecule has 2 unspecified atom stereocenters. The van der Waals surface area contributed by atoms with Crippen molar-refractivity contribution in [1.29, 1.82) is 0 Å². The maximum Gasteiger partial charge on any atom is 0.261 e. The van der Waals surface area contributed by atoms with Gasteiger partial charge in [0.1, 0.15) is 0 Å². The van der Waals surface area contributed by atoms with Gasteiger partial charge in [-0.15, -0.1) is 6.04 Å². The molecular formula is C22H29AcF5N3O3S3-. The molecule has 1 saturated heterocycles. The Morgan fingerprint density at radius 1 is 0.973 bits per heavy atom. The number of nitrogens with one attached hydrogen (secondary N) is 3. The van der Waals surface area contributed by atoms with Gasteiger partial charge in [-0.05, 0) is 48.9 Å². The fraction of sp³-hybridized carbons (Fsp3) is 0.409. The standard InChI is InChI=1S/C21H26N3O3S3.CH3F.Ac.2F2/c1-15-10-11-18(24-30(26,27)19-8-3-2-4-9-19)12-20(15)23-21(25)16-6-5-7-17(22)14-29-28-13-16;1-2;;2*1-2/h2-4,8-12,16-17,22,24H,5-7,13-14H2,1H3,(H,23,25);1H3;;;/q-1;;;;. The van der Waals surface area contributed by atoms with E-state index in [0.29, 0.717) is 24.3 Å². The van der Waals surface area contributed by atoms with Crippen LogP contribution in [0, 0.1) is 56.9 Å². The summed E-state index contributed by atoms with van der Waals surface area (Å²) in [5.74, 6) is 1.32. The van der Waals surface area contributed by atoms with Crippen LogP contribution < -0.4 is 10.0 Å². The minimum atomic E-state index is -3.70. The van der Waals surface area contributed by atoms with Gasteiger partial charge in [-0.2, -0.15) is 0 Å². The van der Waals surface area contributed by atoms with Crippen molar-refractivity contribution in [2.75, 3.05) is 28.7 Å². The number of hydrogen-bond donors (Lipinski definition) is 2. The fourth-order valence-corrected chi connectivity index (χ4v) is 6.75. The number of carbonyl (C=O) groups is 1. The number of amides is 1. The first-order chi connectivity index (χ1) is 17.3. The molecule has 207 valence electrons. The van der Waals surface area contributed by atoms with E-state index in [4.69, 9.17) is 24.0 Å². The summed E-state index contributed by atoms with van der Waals surface area (Å²) >= 11 is 0. The molecule has 0 aliphatic carbocycles. The van der Waals surface area contributed by atoms with Crippen LogP contribution >= 0.6 is 21.6 Å². The van der Waals surface area contributed by atoms with E-state index in [1.54, 1.807) is 58.0 Å². The largest absolute Gasteiger partial charge is 0.674 e. The number of hydrogen-bond acceptors (Lipinski definition) is 5. The number of halogens is 5. The van der Waals surface area contributed by atoms with E-state index in [9.17, 15) is 17.6 Å². The van der Waals surface area contributed by atoms with Gasteiger partial charge < -0.3 is 11.1 Å². The summed E-state index contributed by atoms with van der Waals surface area (Å²) in [7, 11) is 0.114. The molecule has 1 radical (unpaired) electrons. The Bertz CT molecular complexity index is 996. The fourth-order valence-electron chi connectivity index (χ4n) is 3.11. The van der Waals surface area contributed by atoms with Gasteiger partial charge in [0, 0.05) is 79.7 Å². The topological polar surface area (TPSA) is 99.1 Å². The van der Waals surface area contributed by atoms with Crippen molar-refractivity contribution in [2.24, 2.45) is 5.92 Å². The Balaban J connectivity index is 0. The average Bonchev–Trinajstić information content (AvgIpc) is 3.02. The van der Waals surface area contributed by atoms with Crippen molar-refractivity contribution in [3.05, 3.63) is 59.8 Å². The van der Waals surface area contributed by atoms with Crippen molar-refractivity contribution in [2.45, 2.75) is 37.1 Å². The molecular weight excluding hydrogens is 772 g/mol. The van der Waals surface area contributed by atoms with Gasteiger partial charge >= 0.3 is 0 Å². The monoisotopic (exact) mass is 801 g/mol. The predicted molar refractivity (Wildman–Crippen MR) is 139 cm³/mol. The number of benzene rings is 2. The number of anilines is 2. The van der Waals surface area contributed by atoms with Crippen LogP contribution in [0.5, 0.6) is 0 Å². The first-order valence-corrected chi connectivity index (χ1v) is 14.4. The quantitative estimate of drug-likeness (QED) is 0.240. The number of sulfonamides is 1. The van der Waals surface area contributed by atoms with Crippen LogP contribution in [0.25, 0.3) is 5.73 Å². The van der Waals surface area contributed by atoms with Crippen LogP contribution in [-0.4, -0.2) is 39.1 Å². The van der Waals surface area contributed by atoms with Gasteiger partial charge in [0.05, 0.1) is 17.8 Å². The second-order valence-electron chi connectivity index (χ2n) is 7.33. The maximum atomic E-state index is 12.9. The number of rotatable bonds is 5. The van der Waals surface area contributed by atoms with Gasteiger partial charge in [0.25, 0.3) is 10.0 Å². The Morgan fingerprint density at radius 2 is 1.57 bits per heavy atom. The molecule has 0 aromatic heterocycles. The normalized spacial score (nSPS) is 17.1. The minimum absolute atomic E-state index is 0. The SMILES string of the molecule is CF.Cc1ccc(NS(=O)(=O)c2ccccc2)cc1NC(=O)C1CCCC([NH-])CSSC1.FF.FF.[Ac]. The van der Waals surface area contributed by atoms with E-state index in [2.05, 4.69) is 10.0 Å². The summed E-state index contributed by atoms with van der Waals surface area (Å²) in [6, 6.07) is 13.2. The summed E-state index contributed by atoms with van der Waals surface area (Å²) in [6.45, 7) is 1.88. The van der Waals surface area contributed by atoms with E-state index < -0.39 is 10.0 Å². The van der Waals surface area contributed by atoms with Crippen molar-refractivity contribution in [3.63, 3.8) is 0 Å². The summed E-state index contributed by atoms with van der Waals surface area (Å²) < 4.78 is 69.2. The molecule has 1 amide bonds. The molecule has 37 heavy (non-hydrogen) atoms. The molecule has 1 fully saturated rings. The van der Waals surface area contributed by atoms with Gasteiger partial charge in [0.2, 0.25) is 5.91 Å². The van der Waals surface area contributed by atoms with E-state index >= 15 is 0 Å². The molecule has 0 spiro atoms. The van der Waals surface area contributed by atoms with Crippen molar-refractivity contribution < 1.29 is 80.0 Å². The molecule has 1 aliphatic heterocycles. The van der Waals surface area contributed by atoms with Crippen LogP contribution in [-0.2, 0) is 14.8 Å². The van der Waals surface area contributed by atoms with Gasteiger partial charge in [-0.1, -0.05) is 58.7 Å². The third-order valence-corrected chi connectivity index (χ3v) is 8.86. The smallest absolute Gasteiger partial charge is 0.261 e. The van der Waals surface area contributed by atoms with Crippen LogP contribution in [0.3, 0.4) is 0 Å². The van der Waals surface area contributed by atoms with Gasteiger partial charge in [-0.25, -0.2) is 8.42 Å². The molecule has 3 rings (SSSR count). The third-order valence-electron chi connectivity index (χ3n) is 4.90. The first kappa shape index (κ1) is 38.6. The Morgan fingerprint density at radius 3 is 2.19 bits per heavy atom. The number of alkyl halides is 1. The molecule has 0 bridgehead atoms. The van der Waals surface area contributed by atoms with E-state index in [0.717, 1.165) is 30.6 Å². The molecule has 15 heteroatoms. The number of aryl methyl sites for hydroxylation is 1. The maximum absolute atomic E-state index is 12.9. The molecule has 2 atom stereocenters. The molecule has 0 saturated carbocycles. The molecule has 2 aromatic rings. The first-order valence-electron chi connectivity index (χ1n) is 10.5. The molecule has 2 aromatic carbocycles. The average molecular weight is 802 g/mol. The van der Waals surface area contributed by atoms with Crippen LogP contribution in [0.1, 0.15) is 24.8 Å². The Kier molecular flexibility index (Phi) is 23.2. The third kappa shape index (κ3) is 14.4. The van der Waals surface area contributed by atoms with Gasteiger partial charge in [-0.3, -0.25) is 13.9 Å². The Labute approximate surface area is 258 Å². The summed E-state index contributed by atoms with van der Waals surface area (Å²) in [4.78, 5) is 13.1. The molecule has 1 aliphatic rings. The minimum Gasteiger partial charge on any atom is -0.674 e.